The molecular weight excluding hydrogens is 244 g/mol. The van der Waals surface area contributed by atoms with Crippen molar-refractivity contribution in [1.29, 1.82) is 0 Å². The van der Waals surface area contributed by atoms with Crippen LogP contribution in [0.1, 0.15) is 19.4 Å². The van der Waals surface area contributed by atoms with E-state index in [9.17, 15) is 8.78 Å². The van der Waals surface area contributed by atoms with Crippen molar-refractivity contribution in [2.24, 2.45) is 0 Å². The first-order valence-corrected chi connectivity index (χ1v) is 6.68. The Kier molecular flexibility index (Phi) is 5.71. The third-order valence-electron chi connectivity index (χ3n) is 2.30. The van der Waals surface area contributed by atoms with Gasteiger partial charge in [0.05, 0.1) is 0 Å². The number of hydrogen-bond acceptors (Lipinski definition) is 3. The van der Waals surface area contributed by atoms with Crippen LogP contribution in [0.3, 0.4) is 0 Å². The molecule has 0 radical (unpaired) electrons. The molecule has 5 heteroatoms. The summed E-state index contributed by atoms with van der Waals surface area (Å²) in [5.41, 5.74) is 0.492. The number of nitrogens with one attached hydrogen (secondary N) is 1. The van der Waals surface area contributed by atoms with Gasteiger partial charge in [-0.3, -0.25) is 0 Å². The summed E-state index contributed by atoms with van der Waals surface area (Å²) in [5.74, 6) is -0.744. The highest BCUT2D eigenvalue weighted by atomic mass is 32.2. The van der Waals surface area contributed by atoms with Crippen molar-refractivity contribution < 1.29 is 13.9 Å². The maximum Gasteiger partial charge on any atom is 0.187 e. The van der Waals surface area contributed by atoms with Crippen molar-refractivity contribution in [3.8, 4) is 5.75 Å². The van der Waals surface area contributed by atoms with Crippen LogP contribution in [-0.2, 0) is 6.54 Å². The van der Waals surface area contributed by atoms with Crippen LogP contribution in [0.2, 0.25) is 0 Å². The lowest BCUT2D eigenvalue weighted by molar-refractivity contribution is 0.394. The maximum absolute atomic E-state index is 13.0. The molecule has 0 bridgehead atoms. The van der Waals surface area contributed by atoms with Gasteiger partial charge in [-0.1, -0.05) is 6.92 Å². The molecule has 0 saturated heterocycles. The number of phenolic OH excluding ortho intramolecular Hbond substituents is 1. The summed E-state index contributed by atoms with van der Waals surface area (Å²) < 4.78 is 26.1. The lowest BCUT2D eigenvalue weighted by atomic mass is 10.2. The summed E-state index contributed by atoms with van der Waals surface area (Å²) >= 11 is 1.81. The molecule has 0 saturated carbocycles. The molecule has 2 N–H and O–H groups in total. The molecule has 96 valence electrons. The number of rotatable bonds is 6. The van der Waals surface area contributed by atoms with Gasteiger partial charge in [0.1, 0.15) is 0 Å². The van der Waals surface area contributed by atoms with Gasteiger partial charge in [0.15, 0.2) is 17.4 Å². The summed E-state index contributed by atoms with van der Waals surface area (Å²) in [7, 11) is 0. The van der Waals surface area contributed by atoms with Gasteiger partial charge in [-0.05, 0) is 30.4 Å². The fourth-order valence-corrected chi connectivity index (χ4v) is 2.07. The zero-order chi connectivity index (χ0) is 12.8. The minimum absolute atomic E-state index is 0.278. The zero-order valence-electron chi connectivity index (χ0n) is 9.96. The standard InChI is InChI=1S/C12H17F2NOS/c1-3-17-7-8(2)15-6-9-4-10(13)12(16)11(14)5-9/h4-5,8,15-16H,3,6-7H2,1-2H3. The first-order valence-electron chi connectivity index (χ1n) is 5.52. The number of thioether (sulfide) groups is 1. The van der Waals surface area contributed by atoms with Crippen LogP contribution in [0.15, 0.2) is 12.1 Å². The van der Waals surface area contributed by atoms with Gasteiger partial charge in [0.2, 0.25) is 0 Å². The second-order valence-corrected chi connectivity index (χ2v) is 5.17. The third kappa shape index (κ3) is 4.52. The predicted molar refractivity (Wildman–Crippen MR) is 67.3 cm³/mol. The first-order chi connectivity index (χ1) is 8.04. The second-order valence-electron chi connectivity index (χ2n) is 3.85. The Hall–Kier alpha value is -0.810. The number of halogens is 2. The molecule has 1 atom stereocenters. The molecule has 2 nitrogen and oxygen atoms in total. The highest BCUT2D eigenvalue weighted by Crippen LogP contribution is 2.21. The molecule has 1 aromatic carbocycles. The minimum Gasteiger partial charge on any atom is -0.503 e. The topological polar surface area (TPSA) is 32.3 Å². The summed E-state index contributed by atoms with van der Waals surface area (Å²) in [5, 5.41) is 12.1. The van der Waals surface area contributed by atoms with Crippen LogP contribution < -0.4 is 5.32 Å². The Labute approximate surface area is 104 Å². The Morgan fingerprint density at radius 3 is 2.47 bits per heavy atom. The monoisotopic (exact) mass is 261 g/mol. The minimum atomic E-state index is -0.919. The van der Waals surface area contributed by atoms with Crippen molar-refractivity contribution in [2.75, 3.05) is 11.5 Å². The molecule has 0 spiro atoms. The largest absolute Gasteiger partial charge is 0.503 e. The van der Waals surface area contributed by atoms with E-state index in [-0.39, 0.29) is 6.04 Å². The van der Waals surface area contributed by atoms with E-state index < -0.39 is 17.4 Å². The molecule has 0 aromatic heterocycles. The quantitative estimate of drug-likeness (QED) is 0.826. The molecular formula is C12H17F2NOS. The number of hydrogen-bond donors (Lipinski definition) is 2. The predicted octanol–water partition coefficient (Wildman–Crippen LogP) is 2.90. The van der Waals surface area contributed by atoms with E-state index in [2.05, 4.69) is 12.2 Å². The first kappa shape index (κ1) is 14.3. The molecule has 0 amide bonds. The fraction of sp³-hybridized carbons (Fsp3) is 0.500. The van der Waals surface area contributed by atoms with Gasteiger partial charge in [-0.2, -0.15) is 11.8 Å². The Bertz CT molecular complexity index is 351. The van der Waals surface area contributed by atoms with Crippen LogP contribution in [0.4, 0.5) is 8.78 Å². The lowest BCUT2D eigenvalue weighted by Gasteiger charge is -2.13. The summed E-state index contributed by atoms with van der Waals surface area (Å²) in [6.07, 6.45) is 0. The maximum atomic E-state index is 13.0. The molecule has 0 aliphatic carbocycles. The van der Waals surface area contributed by atoms with Gasteiger partial charge in [-0.15, -0.1) is 0 Å². The Balaban J connectivity index is 2.52. The van der Waals surface area contributed by atoms with Crippen molar-refractivity contribution in [2.45, 2.75) is 26.4 Å². The molecule has 0 fully saturated rings. The zero-order valence-corrected chi connectivity index (χ0v) is 10.8. The summed E-state index contributed by atoms with van der Waals surface area (Å²) in [6.45, 7) is 4.50. The third-order valence-corrected chi connectivity index (χ3v) is 3.45. The van der Waals surface area contributed by atoms with E-state index in [1.165, 1.54) is 0 Å². The van der Waals surface area contributed by atoms with Crippen molar-refractivity contribution in [3.63, 3.8) is 0 Å². The van der Waals surface area contributed by atoms with Gasteiger partial charge in [0, 0.05) is 18.3 Å². The molecule has 1 aromatic rings. The van der Waals surface area contributed by atoms with E-state index in [4.69, 9.17) is 5.11 Å². The van der Waals surface area contributed by atoms with Crippen molar-refractivity contribution in [3.05, 3.63) is 29.3 Å². The normalized spacial score (nSPS) is 12.7. The van der Waals surface area contributed by atoms with E-state index in [0.717, 1.165) is 23.6 Å². The molecule has 17 heavy (non-hydrogen) atoms. The molecule has 1 unspecified atom stereocenters. The number of phenols is 1. The fourth-order valence-electron chi connectivity index (χ4n) is 1.37. The van der Waals surface area contributed by atoms with E-state index in [1.807, 2.05) is 18.7 Å². The van der Waals surface area contributed by atoms with Gasteiger partial charge < -0.3 is 10.4 Å². The van der Waals surface area contributed by atoms with Crippen LogP contribution in [0, 0.1) is 11.6 Å². The molecule has 1 rings (SSSR count). The van der Waals surface area contributed by atoms with Gasteiger partial charge >= 0.3 is 0 Å². The van der Waals surface area contributed by atoms with E-state index >= 15 is 0 Å². The van der Waals surface area contributed by atoms with Gasteiger partial charge in [0.25, 0.3) is 0 Å². The lowest BCUT2D eigenvalue weighted by Crippen LogP contribution is -2.27. The molecule has 0 heterocycles. The summed E-state index contributed by atoms with van der Waals surface area (Å²) in [4.78, 5) is 0. The van der Waals surface area contributed by atoms with Crippen molar-refractivity contribution >= 4 is 11.8 Å². The average molecular weight is 261 g/mol. The SMILES string of the molecule is CCSCC(C)NCc1cc(F)c(O)c(F)c1. The summed E-state index contributed by atoms with van der Waals surface area (Å²) in [6, 6.07) is 2.57. The smallest absolute Gasteiger partial charge is 0.187 e. The van der Waals surface area contributed by atoms with Crippen LogP contribution in [0.25, 0.3) is 0 Å². The van der Waals surface area contributed by atoms with Crippen LogP contribution in [0.5, 0.6) is 5.75 Å². The highest BCUT2D eigenvalue weighted by molar-refractivity contribution is 7.99. The van der Waals surface area contributed by atoms with Crippen LogP contribution in [-0.4, -0.2) is 22.7 Å². The highest BCUT2D eigenvalue weighted by Gasteiger charge is 2.10. The van der Waals surface area contributed by atoms with Gasteiger partial charge in [-0.25, -0.2) is 8.78 Å². The van der Waals surface area contributed by atoms with E-state index in [0.29, 0.717) is 12.1 Å². The average Bonchev–Trinajstić information content (AvgIpc) is 2.30. The number of aromatic hydroxyl groups is 1. The Morgan fingerprint density at radius 1 is 1.35 bits per heavy atom. The van der Waals surface area contributed by atoms with Crippen molar-refractivity contribution in [1.82, 2.24) is 5.32 Å². The van der Waals surface area contributed by atoms with Crippen LogP contribution >= 0.6 is 11.8 Å². The van der Waals surface area contributed by atoms with E-state index in [1.54, 1.807) is 0 Å². The Morgan fingerprint density at radius 2 is 1.94 bits per heavy atom. The second kappa shape index (κ2) is 6.81. The molecule has 0 aliphatic rings. The molecule has 0 aliphatic heterocycles. The number of benzene rings is 1.